The molecule has 0 aliphatic rings. The Hall–Kier alpha value is -5.31. The third kappa shape index (κ3) is 5.42. The zero-order valence-electron chi connectivity index (χ0n) is 18.7. The van der Waals surface area contributed by atoms with Gasteiger partial charge in [0, 0.05) is 17.1 Å². The predicted molar refractivity (Wildman–Crippen MR) is 136 cm³/mol. The molecule has 4 aromatic rings. The smallest absolute Gasteiger partial charge is 0.337 e. The molecule has 0 bridgehead atoms. The molecule has 0 aliphatic carbocycles. The van der Waals surface area contributed by atoms with Crippen molar-refractivity contribution in [1.29, 1.82) is 0 Å². The van der Waals surface area contributed by atoms with E-state index in [0.717, 1.165) is 0 Å². The molecule has 4 aromatic carbocycles. The number of carbonyl (C=O) groups is 3. The Morgan fingerprint density at radius 1 is 0.444 bits per heavy atom. The summed E-state index contributed by atoms with van der Waals surface area (Å²) in [6, 6.07) is 24.3. The largest absolute Gasteiger partial charge is 0.478 e. The Bertz CT molecular complexity index is 1280. The summed E-state index contributed by atoms with van der Waals surface area (Å²) in [5.74, 6) is -3.30. The summed E-state index contributed by atoms with van der Waals surface area (Å²) < 4.78 is 0. The van der Waals surface area contributed by atoms with E-state index in [9.17, 15) is 29.7 Å². The first-order valence-corrected chi connectivity index (χ1v) is 10.7. The normalized spacial score (nSPS) is 10.3. The van der Waals surface area contributed by atoms with Gasteiger partial charge in [-0.2, -0.15) is 0 Å². The Morgan fingerprint density at radius 2 is 0.694 bits per heavy atom. The zero-order chi connectivity index (χ0) is 25.7. The molecule has 0 saturated heterocycles. The molecule has 9 heteroatoms. The van der Waals surface area contributed by atoms with E-state index in [1.165, 1.54) is 18.2 Å². The van der Waals surface area contributed by atoms with Gasteiger partial charge in [-0.15, -0.1) is 0 Å². The van der Waals surface area contributed by atoms with Crippen LogP contribution in [-0.2, 0) is 0 Å². The number of nitrogens with one attached hydrogen (secondary N) is 3. The van der Waals surface area contributed by atoms with Gasteiger partial charge in [-0.3, -0.25) is 0 Å². The van der Waals surface area contributed by atoms with Gasteiger partial charge in [0.05, 0.1) is 33.8 Å². The molecule has 0 spiro atoms. The average Bonchev–Trinajstić information content (AvgIpc) is 2.84. The standard InChI is InChI=1S/C27H21N3O6/c31-25(32)19-7-1-4-10-22(19)28-16-13-17(29-23-11-5-2-8-20(23)26(33)34)15-18(14-16)30-24-12-6-3-9-21(24)27(35)36/h1-15,28-30H,(H,31,32)(H,33,34)(H,35,36). The molecule has 0 saturated carbocycles. The highest BCUT2D eigenvalue weighted by Gasteiger charge is 2.14. The van der Waals surface area contributed by atoms with E-state index < -0.39 is 17.9 Å². The number of para-hydroxylation sites is 3. The quantitative estimate of drug-likeness (QED) is 0.168. The van der Waals surface area contributed by atoms with Gasteiger partial charge < -0.3 is 31.3 Å². The number of benzene rings is 4. The minimum Gasteiger partial charge on any atom is -0.478 e. The molecule has 0 amide bonds. The Morgan fingerprint density at radius 3 is 0.944 bits per heavy atom. The number of hydrogen-bond donors (Lipinski definition) is 6. The lowest BCUT2D eigenvalue weighted by Crippen LogP contribution is -2.05. The molecule has 4 rings (SSSR count). The molecule has 6 N–H and O–H groups in total. The van der Waals surface area contributed by atoms with E-state index in [-0.39, 0.29) is 16.7 Å². The molecule has 180 valence electrons. The molecule has 0 aliphatic heterocycles. The fourth-order valence-electron chi connectivity index (χ4n) is 3.65. The van der Waals surface area contributed by atoms with Crippen LogP contribution in [0, 0.1) is 0 Å². The van der Waals surface area contributed by atoms with Crippen molar-refractivity contribution in [3.05, 3.63) is 108 Å². The van der Waals surface area contributed by atoms with E-state index in [4.69, 9.17) is 0 Å². The van der Waals surface area contributed by atoms with Crippen LogP contribution in [0.15, 0.2) is 91.0 Å². The maximum Gasteiger partial charge on any atom is 0.337 e. The van der Waals surface area contributed by atoms with Gasteiger partial charge in [-0.05, 0) is 54.6 Å². The SMILES string of the molecule is O=C(O)c1ccccc1Nc1cc(Nc2ccccc2C(=O)O)cc(Nc2ccccc2C(=O)O)c1. The first-order chi connectivity index (χ1) is 17.3. The minimum absolute atomic E-state index is 0.0674. The van der Waals surface area contributed by atoms with Gasteiger partial charge in [-0.25, -0.2) is 14.4 Å². The highest BCUT2D eigenvalue weighted by Crippen LogP contribution is 2.32. The van der Waals surface area contributed by atoms with E-state index in [1.807, 2.05) is 0 Å². The Kier molecular flexibility index (Phi) is 6.83. The topological polar surface area (TPSA) is 148 Å². The Labute approximate surface area is 205 Å². The van der Waals surface area contributed by atoms with E-state index in [2.05, 4.69) is 16.0 Å². The molecule has 0 heterocycles. The summed E-state index contributed by atoms with van der Waals surface area (Å²) in [7, 11) is 0. The number of anilines is 6. The molecule has 0 unspecified atom stereocenters. The maximum atomic E-state index is 11.7. The van der Waals surface area contributed by atoms with Crippen molar-refractivity contribution in [3.8, 4) is 0 Å². The second-order valence-electron chi connectivity index (χ2n) is 7.73. The second-order valence-corrected chi connectivity index (χ2v) is 7.73. The number of hydrogen-bond acceptors (Lipinski definition) is 6. The van der Waals surface area contributed by atoms with Crippen molar-refractivity contribution in [2.75, 3.05) is 16.0 Å². The van der Waals surface area contributed by atoms with Crippen LogP contribution in [0.2, 0.25) is 0 Å². The van der Waals surface area contributed by atoms with Crippen LogP contribution >= 0.6 is 0 Å². The van der Waals surface area contributed by atoms with E-state index in [0.29, 0.717) is 34.1 Å². The molecule has 0 fully saturated rings. The van der Waals surface area contributed by atoms with Crippen LogP contribution in [0.5, 0.6) is 0 Å². The summed E-state index contributed by atoms with van der Waals surface area (Å²) >= 11 is 0. The Balaban J connectivity index is 1.77. The van der Waals surface area contributed by atoms with Crippen LogP contribution in [0.25, 0.3) is 0 Å². The van der Waals surface area contributed by atoms with Gasteiger partial charge in [0.1, 0.15) is 0 Å². The second kappa shape index (κ2) is 10.3. The van der Waals surface area contributed by atoms with Crippen molar-refractivity contribution in [1.82, 2.24) is 0 Å². The van der Waals surface area contributed by atoms with Crippen LogP contribution < -0.4 is 16.0 Å². The lowest BCUT2D eigenvalue weighted by Gasteiger charge is -2.17. The van der Waals surface area contributed by atoms with Crippen LogP contribution in [0.3, 0.4) is 0 Å². The summed E-state index contributed by atoms with van der Waals surface area (Å²) in [6.07, 6.45) is 0. The first-order valence-electron chi connectivity index (χ1n) is 10.7. The molecular formula is C27H21N3O6. The summed E-state index contributed by atoms with van der Waals surface area (Å²) in [5, 5.41) is 37.9. The molecule has 36 heavy (non-hydrogen) atoms. The lowest BCUT2D eigenvalue weighted by molar-refractivity contribution is 0.0687. The van der Waals surface area contributed by atoms with Gasteiger partial charge in [-0.1, -0.05) is 36.4 Å². The monoisotopic (exact) mass is 483 g/mol. The van der Waals surface area contributed by atoms with Crippen molar-refractivity contribution in [3.63, 3.8) is 0 Å². The minimum atomic E-state index is -1.10. The van der Waals surface area contributed by atoms with Crippen LogP contribution in [0.1, 0.15) is 31.1 Å². The van der Waals surface area contributed by atoms with Gasteiger partial charge in [0.2, 0.25) is 0 Å². The van der Waals surface area contributed by atoms with Gasteiger partial charge >= 0.3 is 17.9 Å². The molecule has 0 aromatic heterocycles. The third-order valence-electron chi connectivity index (χ3n) is 5.24. The third-order valence-corrected chi connectivity index (χ3v) is 5.24. The number of carboxylic acid groups (broad SMARTS) is 3. The van der Waals surface area contributed by atoms with E-state index >= 15 is 0 Å². The summed E-state index contributed by atoms with van der Waals surface area (Å²) in [5.41, 5.74) is 2.71. The highest BCUT2D eigenvalue weighted by atomic mass is 16.4. The van der Waals surface area contributed by atoms with Crippen molar-refractivity contribution >= 4 is 52.0 Å². The number of rotatable bonds is 9. The zero-order valence-corrected chi connectivity index (χ0v) is 18.7. The van der Waals surface area contributed by atoms with Crippen molar-refractivity contribution < 1.29 is 29.7 Å². The lowest BCUT2D eigenvalue weighted by atomic mass is 10.1. The first kappa shape index (κ1) is 23.8. The fourth-order valence-corrected chi connectivity index (χ4v) is 3.65. The molecule has 9 nitrogen and oxygen atoms in total. The summed E-state index contributed by atoms with van der Waals surface area (Å²) in [6.45, 7) is 0. The van der Waals surface area contributed by atoms with Gasteiger partial charge in [0.25, 0.3) is 0 Å². The predicted octanol–water partition coefficient (Wildman–Crippen LogP) is 6.01. The maximum absolute atomic E-state index is 11.7. The highest BCUT2D eigenvalue weighted by molar-refractivity contribution is 5.97. The fraction of sp³-hybridized carbons (Fsp3) is 0. The van der Waals surface area contributed by atoms with Crippen LogP contribution in [0.4, 0.5) is 34.1 Å². The molecule has 0 radical (unpaired) electrons. The number of aromatic carboxylic acids is 3. The van der Waals surface area contributed by atoms with Crippen molar-refractivity contribution in [2.45, 2.75) is 0 Å². The van der Waals surface area contributed by atoms with Crippen molar-refractivity contribution in [2.24, 2.45) is 0 Å². The molecule has 0 atom stereocenters. The van der Waals surface area contributed by atoms with E-state index in [1.54, 1.807) is 72.8 Å². The molecular weight excluding hydrogens is 462 g/mol. The van der Waals surface area contributed by atoms with Crippen LogP contribution in [-0.4, -0.2) is 33.2 Å². The number of carboxylic acids is 3. The average molecular weight is 483 g/mol. The summed E-state index contributed by atoms with van der Waals surface area (Å²) in [4.78, 5) is 35.0. The van der Waals surface area contributed by atoms with Gasteiger partial charge in [0.15, 0.2) is 0 Å².